The van der Waals surface area contributed by atoms with Crippen molar-refractivity contribution in [3.8, 4) is 0 Å². The Labute approximate surface area is 123 Å². The third-order valence-corrected chi connectivity index (χ3v) is 5.47. The fourth-order valence-corrected chi connectivity index (χ4v) is 3.65. The van der Waals surface area contributed by atoms with E-state index >= 15 is 0 Å². The lowest BCUT2D eigenvalue weighted by Gasteiger charge is -2.31. The number of furan rings is 1. The smallest absolute Gasteiger partial charge is 0.136 e. The van der Waals surface area contributed by atoms with Gasteiger partial charge in [0.25, 0.3) is 0 Å². The molecule has 2 atom stereocenters. The van der Waals surface area contributed by atoms with E-state index in [0.29, 0.717) is 0 Å². The van der Waals surface area contributed by atoms with Gasteiger partial charge >= 0.3 is 0 Å². The van der Waals surface area contributed by atoms with E-state index in [1.54, 1.807) is 6.26 Å². The predicted octanol–water partition coefficient (Wildman–Crippen LogP) is 3.86. The van der Waals surface area contributed by atoms with Crippen LogP contribution in [0.3, 0.4) is 0 Å². The van der Waals surface area contributed by atoms with E-state index in [2.05, 4.69) is 10.8 Å². The topological polar surface area (TPSA) is 48.2 Å². The number of nitrogens with one attached hydrogen (secondary N) is 1. The Balaban J connectivity index is 1.98. The van der Waals surface area contributed by atoms with Crippen LogP contribution in [0.25, 0.3) is 11.0 Å². The van der Waals surface area contributed by atoms with E-state index in [-0.39, 0.29) is 10.8 Å². The lowest BCUT2D eigenvalue weighted by molar-refractivity contribution is 0.491. The van der Waals surface area contributed by atoms with Crippen LogP contribution in [0.5, 0.6) is 0 Å². The normalized spacial score (nSPS) is 20.9. The second-order valence-electron chi connectivity index (χ2n) is 6.41. The summed E-state index contributed by atoms with van der Waals surface area (Å²) in [6.07, 6.45) is 4.99. The lowest BCUT2D eigenvalue weighted by atomic mass is 9.86. The molecule has 1 aliphatic rings. The van der Waals surface area contributed by atoms with Crippen LogP contribution >= 0.6 is 0 Å². The molecule has 4 heteroatoms. The minimum absolute atomic E-state index is 0.153. The van der Waals surface area contributed by atoms with E-state index in [1.165, 1.54) is 11.1 Å². The fourth-order valence-electron chi connectivity index (χ4n) is 2.81. The molecule has 3 rings (SSSR count). The highest BCUT2D eigenvalue weighted by Gasteiger charge is 2.32. The number of rotatable bonds is 2. The van der Waals surface area contributed by atoms with E-state index < -0.39 is 11.4 Å². The van der Waals surface area contributed by atoms with Gasteiger partial charge in [-0.3, -0.25) is 0 Å². The summed E-state index contributed by atoms with van der Waals surface area (Å²) in [5, 5.41) is 1.16. The monoisotopic (exact) mass is 291 g/mol. The minimum Gasteiger partial charge on any atom is -0.598 e. The second-order valence-corrected chi connectivity index (χ2v) is 8.41. The number of hydrogen-bond acceptors (Lipinski definition) is 3. The van der Waals surface area contributed by atoms with E-state index in [4.69, 9.17) is 4.42 Å². The van der Waals surface area contributed by atoms with Gasteiger partial charge in [-0.1, -0.05) is 6.07 Å². The van der Waals surface area contributed by atoms with Crippen LogP contribution in [0.2, 0.25) is 0 Å². The largest absolute Gasteiger partial charge is 0.598 e. The number of aryl methyl sites for hydroxylation is 1. The molecule has 0 unspecified atom stereocenters. The highest BCUT2D eigenvalue weighted by molar-refractivity contribution is 7.90. The summed E-state index contributed by atoms with van der Waals surface area (Å²) in [4.78, 5) is 0. The van der Waals surface area contributed by atoms with Crippen molar-refractivity contribution in [2.45, 2.75) is 50.8 Å². The van der Waals surface area contributed by atoms with Gasteiger partial charge in [0.1, 0.15) is 10.3 Å². The van der Waals surface area contributed by atoms with Crippen LogP contribution in [0.1, 0.15) is 50.8 Å². The number of fused-ring (bicyclic) bond motifs is 3. The van der Waals surface area contributed by atoms with Crippen molar-refractivity contribution in [1.29, 1.82) is 0 Å². The quantitative estimate of drug-likeness (QED) is 0.855. The number of benzene rings is 1. The maximum Gasteiger partial charge on any atom is 0.136 e. The summed E-state index contributed by atoms with van der Waals surface area (Å²) in [7, 11) is 0. The Bertz CT molecular complexity index is 614. The molecule has 20 heavy (non-hydrogen) atoms. The maximum absolute atomic E-state index is 12.4. The number of hydrogen-bond donors (Lipinski definition) is 1. The molecule has 0 saturated carbocycles. The highest BCUT2D eigenvalue weighted by Crippen LogP contribution is 2.37. The molecule has 108 valence electrons. The van der Waals surface area contributed by atoms with Crippen molar-refractivity contribution in [3.63, 3.8) is 0 Å². The Hall–Kier alpha value is -0.970. The van der Waals surface area contributed by atoms with E-state index in [0.717, 1.165) is 30.2 Å². The zero-order chi connectivity index (χ0) is 14.3. The third-order valence-electron chi connectivity index (χ3n) is 3.86. The van der Waals surface area contributed by atoms with Crippen LogP contribution in [-0.4, -0.2) is 9.30 Å². The molecule has 0 bridgehead atoms. The summed E-state index contributed by atoms with van der Waals surface area (Å²) in [5.41, 5.74) is 3.55. The Morgan fingerprint density at radius 2 is 2.10 bits per heavy atom. The van der Waals surface area contributed by atoms with Gasteiger partial charge in [0.2, 0.25) is 0 Å². The van der Waals surface area contributed by atoms with Gasteiger partial charge in [-0.2, -0.15) is 0 Å². The minimum atomic E-state index is -1.05. The molecule has 0 aliphatic heterocycles. The van der Waals surface area contributed by atoms with E-state index in [1.807, 2.05) is 32.9 Å². The SMILES string of the molecule is CC(C)(C)[S@@+]([O-])N[C@@H]1CCCc2ccc3occc3c21. The average molecular weight is 291 g/mol. The van der Waals surface area contributed by atoms with Gasteiger partial charge in [-0.25, -0.2) is 0 Å². The first kappa shape index (κ1) is 14.0. The first-order chi connectivity index (χ1) is 9.47. The van der Waals surface area contributed by atoms with Gasteiger partial charge in [0, 0.05) is 16.7 Å². The molecule has 1 N–H and O–H groups in total. The highest BCUT2D eigenvalue weighted by atomic mass is 32.2. The molecular formula is C16H21NO2S. The van der Waals surface area contributed by atoms with Crippen LogP contribution in [0, 0.1) is 0 Å². The predicted molar refractivity (Wildman–Crippen MR) is 82.9 cm³/mol. The summed E-state index contributed by atoms with van der Waals surface area (Å²) >= 11 is -1.05. The molecule has 0 fully saturated rings. The van der Waals surface area contributed by atoms with Gasteiger partial charge in [-0.05, 0) is 63.3 Å². The van der Waals surface area contributed by atoms with Crippen LogP contribution in [0.4, 0.5) is 0 Å². The standard InChI is InChI=1S/C16H21NO2S/c1-16(2,3)20(18)17-13-6-4-5-11-7-8-14-12(15(11)13)9-10-19-14/h7-10,13,17H,4-6H2,1-3H3/t13-,20-/m1/s1. The first-order valence-electron chi connectivity index (χ1n) is 7.14. The summed E-state index contributed by atoms with van der Waals surface area (Å²) in [6.45, 7) is 5.99. The Kier molecular flexibility index (Phi) is 3.56. The zero-order valence-electron chi connectivity index (χ0n) is 12.2. The molecule has 2 aromatic rings. The van der Waals surface area contributed by atoms with Crippen molar-refractivity contribution < 1.29 is 8.97 Å². The lowest BCUT2D eigenvalue weighted by Crippen LogP contribution is -2.42. The molecule has 0 spiro atoms. The van der Waals surface area contributed by atoms with Crippen LogP contribution in [0.15, 0.2) is 28.9 Å². The molecule has 3 nitrogen and oxygen atoms in total. The van der Waals surface area contributed by atoms with Gasteiger partial charge < -0.3 is 8.97 Å². The molecule has 1 aromatic heterocycles. The van der Waals surface area contributed by atoms with Crippen molar-refractivity contribution in [2.24, 2.45) is 0 Å². The van der Waals surface area contributed by atoms with Gasteiger partial charge in [0.15, 0.2) is 0 Å². The molecule has 1 aromatic carbocycles. The zero-order valence-corrected chi connectivity index (χ0v) is 13.0. The maximum atomic E-state index is 12.4. The second kappa shape index (κ2) is 5.10. The molecule has 0 amide bonds. The van der Waals surface area contributed by atoms with E-state index in [9.17, 15) is 4.55 Å². The van der Waals surface area contributed by atoms with Crippen molar-refractivity contribution in [3.05, 3.63) is 35.6 Å². The molecular weight excluding hydrogens is 270 g/mol. The Morgan fingerprint density at radius 3 is 2.85 bits per heavy atom. The van der Waals surface area contributed by atoms with Crippen molar-refractivity contribution in [1.82, 2.24) is 4.72 Å². The third kappa shape index (κ3) is 2.48. The van der Waals surface area contributed by atoms with Crippen molar-refractivity contribution >= 4 is 22.3 Å². The molecule has 1 aliphatic carbocycles. The average Bonchev–Trinajstić information content (AvgIpc) is 2.85. The van der Waals surface area contributed by atoms with Crippen LogP contribution in [-0.2, 0) is 17.8 Å². The summed E-state index contributed by atoms with van der Waals surface area (Å²) < 4.78 is 21.0. The molecule has 0 radical (unpaired) electrons. The van der Waals surface area contributed by atoms with Crippen molar-refractivity contribution in [2.75, 3.05) is 0 Å². The van der Waals surface area contributed by atoms with Gasteiger partial charge in [0.05, 0.1) is 12.3 Å². The van der Waals surface area contributed by atoms with Crippen LogP contribution < -0.4 is 4.72 Å². The fraction of sp³-hybridized carbons (Fsp3) is 0.500. The van der Waals surface area contributed by atoms with Gasteiger partial charge in [-0.15, -0.1) is 4.72 Å². The molecule has 1 heterocycles. The summed E-state index contributed by atoms with van der Waals surface area (Å²) in [6, 6.07) is 6.36. The first-order valence-corrected chi connectivity index (χ1v) is 8.29. The molecule has 0 saturated heterocycles. The summed E-state index contributed by atoms with van der Waals surface area (Å²) in [5.74, 6) is 0. The Morgan fingerprint density at radius 1 is 1.30 bits per heavy atom.